The van der Waals surface area contributed by atoms with Gasteiger partial charge in [-0.1, -0.05) is 6.07 Å². The Morgan fingerprint density at radius 3 is 2.90 bits per heavy atom. The van der Waals surface area contributed by atoms with Gasteiger partial charge in [-0.15, -0.1) is 0 Å². The number of rotatable bonds is 3. The maximum absolute atomic E-state index is 11.6. The van der Waals surface area contributed by atoms with E-state index in [0.717, 1.165) is 22.3 Å². The molecule has 0 unspecified atom stereocenters. The Morgan fingerprint density at radius 1 is 1.24 bits per heavy atom. The molecule has 0 aliphatic rings. The normalized spacial score (nSPS) is 10.5. The Labute approximate surface area is 121 Å². The van der Waals surface area contributed by atoms with Crippen molar-refractivity contribution < 1.29 is 9.53 Å². The third-order valence-corrected chi connectivity index (χ3v) is 3.25. The summed E-state index contributed by atoms with van der Waals surface area (Å²) in [6.07, 6.45) is 1.88. The number of nitrogens with one attached hydrogen (secondary N) is 2. The molecule has 0 amide bonds. The highest BCUT2D eigenvalue weighted by atomic mass is 16.5. The number of hydrogen-bond acceptors (Lipinski definition) is 4. The van der Waals surface area contributed by atoms with Gasteiger partial charge < -0.3 is 20.8 Å². The van der Waals surface area contributed by atoms with Crippen LogP contribution in [0.2, 0.25) is 0 Å². The van der Waals surface area contributed by atoms with Gasteiger partial charge in [0, 0.05) is 34.2 Å². The Kier molecular flexibility index (Phi) is 3.23. The number of benzene rings is 2. The lowest BCUT2D eigenvalue weighted by molar-refractivity contribution is 0.0601. The first-order valence-electron chi connectivity index (χ1n) is 6.49. The molecule has 1 heterocycles. The second-order valence-electron chi connectivity index (χ2n) is 4.70. The highest BCUT2D eigenvalue weighted by Gasteiger charge is 2.09. The van der Waals surface area contributed by atoms with Crippen LogP contribution in [0.4, 0.5) is 17.1 Å². The number of nitrogen functional groups attached to an aromatic ring is 1. The van der Waals surface area contributed by atoms with Crippen LogP contribution in [0.3, 0.4) is 0 Å². The highest BCUT2D eigenvalue weighted by Crippen LogP contribution is 2.27. The van der Waals surface area contributed by atoms with E-state index >= 15 is 0 Å². The van der Waals surface area contributed by atoms with Gasteiger partial charge in [-0.3, -0.25) is 0 Å². The zero-order chi connectivity index (χ0) is 14.8. The monoisotopic (exact) mass is 281 g/mol. The van der Waals surface area contributed by atoms with Crippen molar-refractivity contribution in [2.24, 2.45) is 0 Å². The molecule has 0 bridgehead atoms. The van der Waals surface area contributed by atoms with E-state index in [1.807, 2.05) is 30.5 Å². The zero-order valence-corrected chi connectivity index (χ0v) is 11.5. The van der Waals surface area contributed by atoms with Crippen molar-refractivity contribution in [3.63, 3.8) is 0 Å². The van der Waals surface area contributed by atoms with Gasteiger partial charge in [0.25, 0.3) is 0 Å². The Bertz CT molecular complexity index is 808. The third-order valence-electron chi connectivity index (χ3n) is 3.25. The molecule has 0 saturated heterocycles. The summed E-state index contributed by atoms with van der Waals surface area (Å²) >= 11 is 0. The van der Waals surface area contributed by atoms with E-state index in [4.69, 9.17) is 10.5 Å². The number of hydrogen-bond donors (Lipinski definition) is 3. The number of methoxy groups -OCH3 is 1. The number of esters is 1. The van der Waals surface area contributed by atoms with Crippen LogP contribution < -0.4 is 11.1 Å². The fourth-order valence-corrected chi connectivity index (χ4v) is 2.31. The van der Waals surface area contributed by atoms with Crippen molar-refractivity contribution in [1.82, 2.24) is 4.98 Å². The minimum atomic E-state index is -0.412. The molecule has 3 aromatic rings. The number of ether oxygens (including phenoxy) is 1. The lowest BCUT2D eigenvalue weighted by Crippen LogP contribution is -2.03. The molecule has 0 radical (unpaired) electrons. The SMILES string of the molecule is COC(=O)c1cc(N)cc(Nc2cccc3[nH]ccc23)c1. The topological polar surface area (TPSA) is 80.1 Å². The van der Waals surface area contributed by atoms with Crippen molar-refractivity contribution in [1.29, 1.82) is 0 Å². The second-order valence-corrected chi connectivity index (χ2v) is 4.70. The first kappa shape index (κ1) is 13.1. The molecule has 2 aromatic carbocycles. The van der Waals surface area contributed by atoms with Crippen LogP contribution in [0, 0.1) is 0 Å². The number of anilines is 3. The molecule has 0 fully saturated rings. The predicted molar refractivity (Wildman–Crippen MR) is 83.8 cm³/mol. The van der Waals surface area contributed by atoms with Gasteiger partial charge in [0.05, 0.1) is 12.7 Å². The Hall–Kier alpha value is -2.95. The standard InChI is InChI=1S/C16H15N3O2/c1-21-16(20)10-7-11(17)9-12(8-10)19-15-4-2-3-14-13(15)5-6-18-14/h2-9,18-19H,17H2,1H3. The van der Waals surface area contributed by atoms with Crippen molar-refractivity contribution in [3.8, 4) is 0 Å². The summed E-state index contributed by atoms with van der Waals surface area (Å²) in [7, 11) is 1.35. The number of H-pyrrole nitrogens is 1. The van der Waals surface area contributed by atoms with Crippen LogP contribution in [0.15, 0.2) is 48.7 Å². The quantitative estimate of drug-likeness (QED) is 0.508. The summed E-state index contributed by atoms with van der Waals surface area (Å²) in [4.78, 5) is 14.8. The number of fused-ring (bicyclic) bond motifs is 1. The van der Waals surface area contributed by atoms with Crippen molar-refractivity contribution in [2.75, 3.05) is 18.2 Å². The maximum Gasteiger partial charge on any atom is 0.337 e. The van der Waals surface area contributed by atoms with Crippen molar-refractivity contribution in [2.45, 2.75) is 0 Å². The molecule has 0 saturated carbocycles. The second kappa shape index (κ2) is 5.20. The molecular formula is C16H15N3O2. The van der Waals surface area contributed by atoms with Crippen LogP contribution in [0.1, 0.15) is 10.4 Å². The minimum Gasteiger partial charge on any atom is -0.465 e. The van der Waals surface area contributed by atoms with E-state index in [1.165, 1.54) is 7.11 Å². The molecule has 5 heteroatoms. The number of aromatic nitrogens is 1. The molecule has 4 N–H and O–H groups in total. The number of aromatic amines is 1. The average Bonchev–Trinajstić information content (AvgIpc) is 2.95. The van der Waals surface area contributed by atoms with Gasteiger partial charge in [-0.05, 0) is 36.4 Å². The summed E-state index contributed by atoms with van der Waals surface area (Å²) in [5, 5.41) is 4.35. The van der Waals surface area contributed by atoms with Crippen LogP contribution in [-0.2, 0) is 4.74 Å². The summed E-state index contributed by atoms with van der Waals surface area (Å²) in [5.74, 6) is -0.412. The fourth-order valence-electron chi connectivity index (χ4n) is 2.31. The largest absolute Gasteiger partial charge is 0.465 e. The molecule has 3 rings (SSSR count). The smallest absolute Gasteiger partial charge is 0.337 e. The Morgan fingerprint density at radius 2 is 2.10 bits per heavy atom. The molecule has 0 spiro atoms. The van der Waals surface area contributed by atoms with E-state index in [1.54, 1.807) is 18.2 Å². The number of carbonyl (C=O) groups excluding carboxylic acids is 1. The summed E-state index contributed by atoms with van der Waals surface area (Å²) < 4.78 is 4.73. The van der Waals surface area contributed by atoms with E-state index in [-0.39, 0.29) is 0 Å². The van der Waals surface area contributed by atoms with Gasteiger partial charge >= 0.3 is 5.97 Å². The molecule has 21 heavy (non-hydrogen) atoms. The molecule has 0 aliphatic heterocycles. The van der Waals surface area contributed by atoms with Gasteiger partial charge in [0.15, 0.2) is 0 Å². The van der Waals surface area contributed by atoms with E-state index in [9.17, 15) is 4.79 Å². The number of nitrogens with two attached hydrogens (primary N) is 1. The summed E-state index contributed by atoms with van der Waals surface area (Å²) in [5.41, 5.74) is 9.48. The van der Waals surface area contributed by atoms with Gasteiger partial charge in [-0.2, -0.15) is 0 Å². The van der Waals surface area contributed by atoms with Crippen molar-refractivity contribution >= 4 is 33.9 Å². The average molecular weight is 281 g/mol. The van der Waals surface area contributed by atoms with Crippen LogP contribution in [0.25, 0.3) is 10.9 Å². The van der Waals surface area contributed by atoms with E-state index in [0.29, 0.717) is 11.3 Å². The van der Waals surface area contributed by atoms with Crippen LogP contribution in [-0.4, -0.2) is 18.1 Å². The molecular weight excluding hydrogens is 266 g/mol. The van der Waals surface area contributed by atoms with Crippen LogP contribution >= 0.6 is 0 Å². The molecule has 0 aliphatic carbocycles. The fraction of sp³-hybridized carbons (Fsp3) is 0.0625. The van der Waals surface area contributed by atoms with Gasteiger partial charge in [0.2, 0.25) is 0 Å². The Balaban J connectivity index is 2.00. The maximum atomic E-state index is 11.6. The zero-order valence-electron chi connectivity index (χ0n) is 11.5. The summed E-state index contributed by atoms with van der Waals surface area (Å²) in [6.45, 7) is 0. The number of carbonyl (C=O) groups is 1. The first-order valence-corrected chi connectivity index (χ1v) is 6.49. The van der Waals surface area contributed by atoms with E-state index in [2.05, 4.69) is 10.3 Å². The highest BCUT2D eigenvalue weighted by molar-refractivity contribution is 5.95. The molecule has 5 nitrogen and oxygen atoms in total. The molecule has 106 valence electrons. The van der Waals surface area contributed by atoms with Crippen LogP contribution in [0.5, 0.6) is 0 Å². The van der Waals surface area contributed by atoms with Gasteiger partial charge in [0.1, 0.15) is 0 Å². The third kappa shape index (κ3) is 2.53. The lowest BCUT2D eigenvalue weighted by atomic mass is 10.1. The predicted octanol–water partition coefficient (Wildman–Crippen LogP) is 3.28. The molecule has 1 aromatic heterocycles. The van der Waals surface area contributed by atoms with Crippen molar-refractivity contribution in [3.05, 3.63) is 54.2 Å². The summed E-state index contributed by atoms with van der Waals surface area (Å²) in [6, 6.07) is 13.0. The molecule has 0 atom stereocenters. The first-order chi connectivity index (χ1) is 10.2. The van der Waals surface area contributed by atoms with Gasteiger partial charge in [-0.25, -0.2) is 4.79 Å². The van der Waals surface area contributed by atoms with E-state index < -0.39 is 5.97 Å². The minimum absolute atomic E-state index is 0.412. The lowest BCUT2D eigenvalue weighted by Gasteiger charge is -2.10.